The lowest BCUT2D eigenvalue weighted by atomic mass is 9.95. The van der Waals surface area contributed by atoms with E-state index in [9.17, 15) is 18.0 Å². The minimum atomic E-state index is -4.37. The van der Waals surface area contributed by atoms with Gasteiger partial charge in [-0.1, -0.05) is 18.2 Å². The van der Waals surface area contributed by atoms with Gasteiger partial charge in [-0.3, -0.25) is 14.5 Å². The van der Waals surface area contributed by atoms with Crippen molar-refractivity contribution < 1.29 is 18.0 Å². The van der Waals surface area contributed by atoms with Crippen LogP contribution in [0.3, 0.4) is 0 Å². The van der Waals surface area contributed by atoms with Gasteiger partial charge in [-0.15, -0.1) is 0 Å². The minimum absolute atomic E-state index is 0.0388. The molecule has 1 aromatic carbocycles. The van der Waals surface area contributed by atoms with Crippen LogP contribution in [0.15, 0.2) is 61.2 Å². The Morgan fingerprint density at radius 3 is 2.38 bits per heavy atom. The number of piperidine rings is 1. The number of likely N-dealkylation sites (tertiary alicyclic amines) is 1. The van der Waals surface area contributed by atoms with Crippen molar-refractivity contribution in [3.05, 3.63) is 83.4 Å². The fourth-order valence-corrected chi connectivity index (χ4v) is 4.00. The molecule has 6 nitrogen and oxygen atoms in total. The first-order valence-electron chi connectivity index (χ1n) is 10.4. The Balaban J connectivity index is 1.46. The number of hydrogen-bond donors (Lipinski definition) is 1. The van der Waals surface area contributed by atoms with Crippen molar-refractivity contribution in [1.29, 1.82) is 0 Å². The molecule has 0 saturated carbocycles. The third kappa shape index (κ3) is 4.99. The summed E-state index contributed by atoms with van der Waals surface area (Å²) in [6.07, 6.45) is 3.76. The van der Waals surface area contributed by atoms with Gasteiger partial charge < -0.3 is 10.2 Å². The molecule has 1 aliphatic heterocycles. The molecule has 0 radical (unpaired) electrons. The molecule has 1 aliphatic rings. The third-order valence-electron chi connectivity index (χ3n) is 5.73. The third-order valence-corrected chi connectivity index (χ3v) is 5.73. The molecule has 3 heterocycles. The quantitative estimate of drug-likeness (QED) is 0.651. The van der Waals surface area contributed by atoms with E-state index in [1.807, 2.05) is 17.0 Å². The van der Waals surface area contributed by atoms with Gasteiger partial charge in [-0.05, 0) is 42.2 Å². The van der Waals surface area contributed by atoms with Crippen LogP contribution in [0.5, 0.6) is 0 Å². The van der Waals surface area contributed by atoms with Crippen molar-refractivity contribution in [2.75, 3.05) is 13.1 Å². The minimum Gasteiger partial charge on any atom is -0.338 e. The number of rotatable bonds is 5. The van der Waals surface area contributed by atoms with Gasteiger partial charge in [0, 0.05) is 44.8 Å². The van der Waals surface area contributed by atoms with Gasteiger partial charge in [-0.2, -0.15) is 18.3 Å². The van der Waals surface area contributed by atoms with Crippen LogP contribution in [-0.4, -0.2) is 44.7 Å². The highest BCUT2D eigenvalue weighted by atomic mass is 19.4. The number of aromatic nitrogens is 3. The summed E-state index contributed by atoms with van der Waals surface area (Å²) < 4.78 is 40.5. The van der Waals surface area contributed by atoms with Crippen LogP contribution in [0.25, 0.3) is 0 Å². The fourth-order valence-electron chi connectivity index (χ4n) is 4.00. The summed E-state index contributed by atoms with van der Waals surface area (Å²) in [7, 11) is 1.77. The smallest absolute Gasteiger partial charge is 0.338 e. The molecule has 1 fully saturated rings. The normalized spacial score (nSPS) is 16.2. The van der Waals surface area contributed by atoms with Crippen LogP contribution in [0.1, 0.15) is 45.9 Å². The molecule has 4 rings (SSSR count). The first-order chi connectivity index (χ1) is 15.3. The lowest BCUT2D eigenvalue weighted by Crippen LogP contribution is -2.46. The standard InChI is InChI=1S/C23H24F3N5O/c1-30-15-18(14-28-30)22(32)31-11-8-20(9-12-31)29-21(17-3-2-10-27-13-17)16-4-6-19(7-5-16)23(24,25)26/h2-7,10,13-15,20-21,29H,8-9,11-12H2,1H3. The van der Waals surface area contributed by atoms with E-state index in [2.05, 4.69) is 15.4 Å². The van der Waals surface area contributed by atoms with Crippen LogP contribution in [0, 0.1) is 0 Å². The van der Waals surface area contributed by atoms with Crippen molar-refractivity contribution in [3.63, 3.8) is 0 Å². The molecule has 168 valence electrons. The number of amides is 1. The van der Waals surface area contributed by atoms with E-state index in [1.165, 1.54) is 12.1 Å². The number of hydrogen-bond acceptors (Lipinski definition) is 4. The van der Waals surface area contributed by atoms with Gasteiger partial charge in [-0.25, -0.2) is 0 Å². The number of pyridine rings is 1. The molecule has 3 aromatic rings. The molecule has 9 heteroatoms. The number of benzene rings is 1. The summed E-state index contributed by atoms with van der Waals surface area (Å²) in [5, 5.41) is 7.63. The van der Waals surface area contributed by atoms with E-state index in [1.54, 1.807) is 36.5 Å². The number of nitrogens with one attached hydrogen (secondary N) is 1. The molecule has 1 unspecified atom stereocenters. The maximum atomic E-state index is 13.0. The van der Waals surface area contributed by atoms with Gasteiger partial charge >= 0.3 is 6.18 Å². The molecule has 1 saturated heterocycles. The molecule has 1 N–H and O–H groups in total. The molecular formula is C23H24F3N5O. The van der Waals surface area contributed by atoms with Crippen LogP contribution in [-0.2, 0) is 13.2 Å². The molecule has 0 spiro atoms. The summed E-state index contributed by atoms with van der Waals surface area (Å²) >= 11 is 0. The molecule has 1 atom stereocenters. The van der Waals surface area contributed by atoms with Crippen LogP contribution in [0.4, 0.5) is 13.2 Å². The maximum Gasteiger partial charge on any atom is 0.416 e. The van der Waals surface area contributed by atoms with Crippen LogP contribution < -0.4 is 5.32 Å². The zero-order chi connectivity index (χ0) is 22.7. The highest BCUT2D eigenvalue weighted by Crippen LogP contribution is 2.31. The second-order valence-electron chi connectivity index (χ2n) is 7.97. The van der Waals surface area contributed by atoms with Crippen molar-refractivity contribution in [1.82, 2.24) is 25.0 Å². The Labute approximate surface area is 184 Å². The van der Waals surface area contributed by atoms with E-state index < -0.39 is 11.7 Å². The van der Waals surface area contributed by atoms with Crippen molar-refractivity contribution in [2.45, 2.75) is 31.1 Å². The molecule has 0 bridgehead atoms. The molecule has 2 aromatic heterocycles. The highest BCUT2D eigenvalue weighted by Gasteiger charge is 2.31. The van der Waals surface area contributed by atoms with E-state index >= 15 is 0 Å². The molecule has 0 aliphatic carbocycles. The first-order valence-corrected chi connectivity index (χ1v) is 10.4. The first kappa shape index (κ1) is 22.0. The Bertz CT molecular complexity index is 1040. The topological polar surface area (TPSA) is 63.1 Å². The van der Waals surface area contributed by atoms with E-state index in [0.717, 1.165) is 36.1 Å². The average Bonchev–Trinajstić information content (AvgIpc) is 3.24. The van der Waals surface area contributed by atoms with Gasteiger partial charge in [0.15, 0.2) is 0 Å². The highest BCUT2D eigenvalue weighted by molar-refractivity contribution is 5.93. The predicted molar refractivity (Wildman–Crippen MR) is 113 cm³/mol. The predicted octanol–water partition coefficient (Wildman–Crippen LogP) is 3.82. The lowest BCUT2D eigenvalue weighted by Gasteiger charge is -2.34. The zero-order valence-electron chi connectivity index (χ0n) is 17.6. The number of carbonyl (C=O) groups is 1. The number of halogens is 3. The second kappa shape index (κ2) is 9.12. The van der Waals surface area contributed by atoms with Gasteiger partial charge in [0.05, 0.1) is 23.4 Å². The maximum absolute atomic E-state index is 13.0. The van der Waals surface area contributed by atoms with Crippen molar-refractivity contribution in [3.8, 4) is 0 Å². The van der Waals surface area contributed by atoms with Crippen molar-refractivity contribution in [2.24, 2.45) is 7.05 Å². The van der Waals surface area contributed by atoms with E-state index in [0.29, 0.717) is 18.7 Å². The average molecular weight is 443 g/mol. The van der Waals surface area contributed by atoms with Gasteiger partial charge in [0.2, 0.25) is 0 Å². The Kier molecular flexibility index (Phi) is 6.27. The number of nitrogens with zero attached hydrogens (tertiary/aromatic N) is 4. The largest absolute Gasteiger partial charge is 0.416 e. The lowest BCUT2D eigenvalue weighted by molar-refractivity contribution is -0.137. The Morgan fingerprint density at radius 1 is 1.09 bits per heavy atom. The number of carbonyl (C=O) groups excluding carboxylic acids is 1. The van der Waals surface area contributed by atoms with Gasteiger partial charge in [0.1, 0.15) is 0 Å². The second-order valence-corrected chi connectivity index (χ2v) is 7.97. The summed E-state index contributed by atoms with van der Waals surface area (Å²) in [6, 6.07) is 8.76. The molecule has 1 amide bonds. The summed E-state index contributed by atoms with van der Waals surface area (Å²) in [5.41, 5.74) is 1.51. The van der Waals surface area contributed by atoms with Gasteiger partial charge in [0.25, 0.3) is 5.91 Å². The van der Waals surface area contributed by atoms with Crippen LogP contribution in [0.2, 0.25) is 0 Å². The SMILES string of the molecule is Cn1cc(C(=O)N2CCC(NC(c3ccc(C(F)(F)F)cc3)c3cccnc3)CC2)cn1. The Morgan fingerprint density at radius 2 is 1.81 bits per heavy atom. The summed E-state index contributed by atoms with van der Waals surface area (Å²) in [5.74, 6) is -0.0388. The number of alkyl halides is 3. The molecule has 32 heavy (non-hydrogen) atoms. The Hall–Kier alpha value is -3.20. The molecular weight excluding hydrogens is 419 g/mol. The van der Waals surface area contributed by atoms with Crippen LogP contribution >= 0.6 is 0 Å². The summed E-state index contributed by atoms with van der Waals surface area (Å²) in [4.78, 5) is 18.6. The van der Waals surface area contributed by atoms with E-state index in [-0.39, 0.29) is 18.0 Å². The fraction of sp³-hybridized carbons (Fsp3) is 0.348. The summed E-state index contributed by atoms with van der Waals surface area (Å²) in [6.45, 7) is 1.19. The number of aryl methyl sites for hydroxylation is 1. The zero-order valence-corrected chi connectivity index (χ0v) is 17.6. The van der Waals surface area contributed by atoms with Crippen molar-refractivity contribution >= 4 is 5.91 Å². The monoisotopic (exact) mass is 443 g/mol. The van der Waals surface area contributed by atoms with E-state index in [4.69, 9.17) is 0 Å².